The van der Waals surface area contributed by atoms with Crippen LogP contribution in [-0.4, -0.2) is 21.4 Å². The van der Waals surface area contributed by atoms with Crippen molar-refractivity contribution in [2.45, 2.75) is 19.9 Å². The molecule has 152 valence electrons. The molecule has 3 aromatic rings. The fourth-order valence-corrected chi connectivity index (χ4v) is 3.69. The number of amidine groups is 1. The molecule has 0 bridgehead atoms. The van der Waals surface area contributed by atoms with E-state index in [0.717, 1.165) is 11.5 Å². The van der Waals surface area contributed by atoms with Crippen LogP contribution in [0, 0.1) is 5.41 Å². The van der Waals surface area contributed by atoms with Gasteiger partial charge in [-0.1, -0.05) is 40.9 Å². The quantitative estimate of drug-likeness (QED) is 0.238. The molecule has 29 heavy (non-hydrogen) atoms. The monoisotopic (exact) mass is 470 g/mol. The van der Waals surface area contributed by atoms with Crippen LogP contribution in [-0.2, 0) is 0 Å². The van der Waals surface area contributed by atoms with Crippen molar-refractivity contribution in [1.82, 2.24) is 9.69 Å². The number of benzene rings is 2. The van der Waals surface area contributed by atoms with E-state index in [1.165, 1.54) is 0 Å². The molecule has 0 aliphatic carbocycles. The SMILES string of the molecule is CC(C)NC(=N)c1c(O)nsc1Nc1ccc(Oc2cccc(Cl)c2Cl)c(Cl)c1. The van der Waals surface area contributed by atoms with Crippen LogP contribution in [0.15, 0.2) is 36.4 Å². The van der Waals surface area contributed by atoms with E-state index in [9.17, 15) is 5.11 Å². The van der Waals surface area contributed by atoms with E-state index in [4.69, 9.17) is 44.9 Å². The van der Waals surface area contributed by atoms with Crippen LogP contribution in [0.4, 0.5) is 10.7 Å². The number of anilines is 2. The maximum atomic E-state index is 10.0. The van der Waals surface area contributed by atoms with E-state index < -0.39 is 0 Å². The molecule has 0 fully saturated rings. The highest BCUT2D eigenvalue weighted by molar-refractivity contribution is 7.11. The van der Waals surface area contributed by atoms with Crippen LogP contribution in [0.1, 0.15) is 19.4 Å². The number of nitrogens with one attached hydrogen (secondary N) is 3. The summed E-state index contributed by atoms with van der Waals surface area (Å²) in [5, 5.41) is 25.8. The number of aromatic hydroxyl groups is 1. The van der Waals surface area contributed by atoms with Gasteiger partial charge in [-0.05, 0) is 55.7 Å². The van der Waals surface area contributed by atoms with Gasteiger partial charge in [-0.3, -0.25) is 5.41 Å². The van der Waals surface area contributed by atoms with Crippen molar-refractivity contribution in [3.63, 3.8) is 0 Å². The largest absolute Gasteiger partial charge is 0.492 e. The molecule has 0 saturated heterocycles. The van der Waals surface area contributed by atoms with Gasteiger partial charge in [0.1, 0.15) is 32.9 Å². The topological polar surface area (TPSA) is 90.3 Å². The number of hydrogen-bond donors (Lipinski definition) is 4. The molecule has 0 unspecified atom stereocenters. The lowest BCUT2D eigenvalue weighted by atomic mass is 10.2. The standard InChI is InChI=1S/C19H17Cl3N4O2S/c1-9(2)24-17(23)15-18(27)26-29-19(15)25-10-6-7-13(12(21)8-10)28-14-5-3-4-11(20)16(14)22/h3-9,25H,1-2H3,(H2,23,24)(H,26,27). The molecule has 0 amide bonds. The number of halogens is 3. The fourth-order valence-electron chi connectivity index (χ4n) is 2.43. The second kappa shape index (κ2) is 9.09. The summed E-state index contributed by atoms with van der Waals surface area (Å²) >= 11 is 19.6. The lowest BCUT2D eigenvalue weighted by Gasteiger charge is -2.13. The zero-order chi connectivity index (χ0) is 21.1. The minimum absolute atomic E-state index is 0.0406. The molecule has 4 N–H and O–H groups in total. The van der Waals surface area contributed by atoms with Gasteiger partial charge in [-0.15, -0.1) is 0 Å². The lowest BCUT2D eigenvalue weighted by Crippen LogP contribution is -2.30. The van der Waals surface area contributed by atoms with Crippen molar-refractivity contribution < 1.29 is 9.84 Å². The molecule has 0 saturated carbocycles. The average molecular weight is 472 g/mol. The Morgan fingerprint density at radius 3 is 2.59 bits per heavy atom. The molecule has 0 aliphatic heterocycles. The number of aromatic nitrogens is 1. The Morgan fingerprint density at radius 2 is 1.90 bits per heavy atom. The van der Waals surface area contributed by atoms with Gasteiger partial charge in [0.15, 0.2) is 0 Å². The molecule has 0 aliphatic rings. The van der Waals surface area contributed by atoms with Crippen LogP contribution in [0.3, 0.4) is 0 Å². The summed E-state index contributed by atoms with van der Waals surface area (Å²) in [4.78, 5) is 0. The van der Waals surface area contributed by atoms with Gasteiger partial charge in [-0.2, -0.15) is 4.37 Å². The third kappa shape index (κ3) is 5.05. The number of nitrogens with zero attached hydrogens (tertiary/aromatic N) is 1. The van der Waals surface area contributed by atoms with E-state index in [-0.39, 0.29) is 17.8 Å². The van der Waals surface area contributed by atoms with Crippen LogP contribution in [0.5, 0.6) is 17.4 Å². The fraction of sp³-hybridized carbons (Fsp3) is 0.158. The van der Waals surface area contributed by atoms with Crippen molar-refractivity contribution in [3.05, 3.63) is 57.0 Å². The molecule has 1 aromatic heterocycles. The van der Waals surface area contributed by atoms with Crippen LogP contribution in [0.25, 0.3) is 0 Å². The van der Waals surface area contributed by atoms with Crippen LogP contribution >= 0.6 is 46.3 Å². The Balaban J connectivity index is 1.81. The Labute approximate surface area is 187 Å². The van der Waals surface area contributed by atoms with E-state index >= 15 is 0 Å². The Hall–Kier alpha value is -2.19. The molecule has 3 rings (SSSR count). The summed E-state index contributed by atoms with van der Waals surface area (Å²) < 4.78 is 9.69. The Morgan fingerprint density at radius 1 is 1.14 bits per heavy atom. The van der Waals surface area contributed by atoms with Gasteiger partial charge in [0, 0.05) is 11.7 Å². The Bertz CT molecular complexity index is 1060. The van der Waals surface area contributed by atoms with E-state index in [1.807, 2.05) is 13.8 Å². The first kappa shape index (κ1) is 21.5. The highest BCUT2D eigenvalue weighted by Gasteiger charge is 2.19. The first-order chi connectivity index (χ1) is 13.8. The number of hydrogen-bond acceptors (Lipinski definition) is 6. The third-order valence-corrected chi connectivity index (χ3v) is 5.53. The van der Waals surface area contributed by atoms with E-state index in [2.05, 4.69) is 15.0 Å². The second-order valence-electron chi connectivity index (χ2n) is 6.31. The smallest absolute Gasteiger partial charge is 0.236 e. The van der Waals surface area contributed by atoms with Gasteiger partial charge in [0.25, 0.3) is 0 Å². The normalized spacial score (nSPS) is 10.8. The number of rotatable bonds is 6. The molecule has 0 atom stereocenters. The molecular formula is C19H17Cl3N4O2S. The van der Waals surface area contributed by atoms with Gasteiger partial charge in [0.05, 0.1) is 10.0 Å². The maximum Gasteiger partial charge on any atom is 0.236 e. The van der Waals surface area contributed by atoms with Crippen molar-refractivity contribution >= 4 is 62.9 Å². The van der Waals surface area contributed by atoms with Gasteiger partial charge < -0.3 is 20.5 Å². The summed E-state index contributed by atoms with van der Waals surface area (Å²) in [7, 11) is 0. The van der Waals surface area contributed by atoms with Crippen molar-refractivity contribution in [3.8, 4) is 17.4 Å². The third-order valence-electron chi connectivity index (χ3n) is 3.68. The number of ether oxygens (including phenoxy) is 1. The van der Waals surface area contributed by atoms with E-state index in [0.29, 0.717) is 42.8 Å². The average Bonchev–Trinajstić information content (AvgIpc) is 3.00. The summed E-state index contributed by atoms with van der Waals surface area (Å²) in [6.07, 6.45) is 0. The molecule has 2 aromatic carbocycles. The highest BCUT2D eigenvalue weighted by atomic mass is 35.5. The molecular weight excluding hydrogens is 455 g/mol. The molecule has 0 radical (unpaired) electrons. The predicted molar refractivity (Wildman–Crippen MR) is 120 cm³/mol. The first-order valence-electron chi connectivity index (χ1n) is 8.48. The van der Waals surface area contributed by atoms with E-state index in [1.54, 1.807) is 36.4 Å². The highest BCUT2D eigenvalue weighted by Crippen LogP contribution is 2.39. The zero-order valence-electron chi connectivity index (χ0n) is 15.4. The summed E-state index contributed by atoms with van der Waals surface area (Å²) in [5.41, 5.74) is 0.938. The molecule has 6 nitrogen and oxygen atoms in total. The first-order valence-corrected chi connectivity index (χ1v) is 10.4. The maximum absolute atomic E-state index is 10.0. The van der Waals surface area contributed by atoms with Crippen LogP contribution in [0.2, 0.25) is 15.1 Å². The van der Waals surface area contributed by atoms with Gasteiger partial charge in [0.2, 0.25) is 5.88 Å². The van der Waals surface area contributed by atoms with Gasteiger partial charge >= 0.3 is 0 Å². The minimum Gasteiger partial charge on any atom is -0.492 e. The predicted octanol–water partition coefficient (Wildman–Crippen LogP) is 6.67. The van der Waals surface area contributed by atoms with Crippen molar-refractivity contribution in [2.24, 2.45) is 0 Å². The summed E-state index contributed by atoms with van der Waals surface area (Å²) in [6, 6.07) is 10.2. The van der Waals surface area contributed by atoms with Crippen LogP contribution < -0.4 is 15.4 Å². The van der Waals surface area contributed by atoms with Gasteiger partial charge in [-0.25, -0.2) is 0 Å². The van der Waals surface area contributed by atoms with Crippen molar-refractivity contribution in [1.29, 1.82) is 5.41 Å². The Kier molecular flexibility index (Phi) is 6.74. The molecule has 1 heterocycles. The summed E-state index contributed by atoms with van der Waals surface area (Å²) in [5.74, 6) is 0.667. The zero-order valence-corrected chi connectivity index (χ0v) is 18.5. The second-order valence-corrected chi connectivity index (χ2v) is 8.27. The molecule has 0 spiro atoms. The summed E-state index contributed by atoms with van der Waals surface area (Å²) in [6.45, 7) is 3.81. The molecule has 10 heteroatoms. The minimum atomic E-state index is -0.211. The van der Waals surface area contributed by atoms with Crippen molar-refractivity contribution in [2.75, 3.05) is 5.32 Å². The lowest BCUT2D eigenvalue weighted by molar-refractivity contribution is 0.458.